The van der Waals surface area contributed by atoms with Crippen LogP contribution in [0.2, 0.25) is 0 Å². The fourth-order valence-corrected chi connectivity index (χ4v) is 3.24. The number of hydrogen-bond acceptors (Lipinski definition) is 4. The Kier molecular flexibility index (Phi) is 4.34. The molecule has 3 aromatic carbocycles. The lowest BCUT2D eigenvalue weighted by atomic mass is 10.0. The van der Waals surface area contributed by atoms with Gasteiger partial charge in [0.25, 0.3) is 0 Å². The number of pyridine rings is 1. The van der Waals surface area contributed by atoms with Gasteiger partial charge < -0.3 is 10.3 Å². The van der Waals surface area contributed by atoms with Crippen LogP contribution in [0.1, 0.15) is 0 Å². The molecule has 28 heavy (non-hydrogen) atoms. The second-order valence-corrected chi connectivity index (χ2v) is 6.20. The Morgan fingerprint density at radius 1 is 0.857 bits per heavy atom. The van der Waals surface area contributed by atoms with E-state index in [9.17, 15) is 4.79 Å². The summed E-state index contributed by atoms with van der Waals surface area (Å²) in [5, 5.41) is 22.0. The number of anilines is 1. The van der Waals surface area contributed by atoms with Gasteiger partial charge in [-0.15, -0.1) is 0 Å². The zero-order valence-electron chi connectivity index (χ0n) is 14.7. The highest BCUT2D eigenvalue weighted by atomic mass is 16.1. The van der Waals surface area contributed by atoms with Crippen LogP contribution in [0.25, 0.3) is 32.9 Å². The molecule has 0 saturated carbocycles. The topological polar surface area (TPSA) is 92.5 Å². The first-order chi connectivity index (χ1) is 13.7. The van der Waals surface area contributed by atoms with Crippen LogP contribution in [0.4, 0.5) is 5.69 Å². The lowest BCUT2D eigenvalue weighted by Crippen LogP contribution is -2.06. The summed E-state index contributed by atoms with van der Waals surface area (Å²) in [7, 11) is 0. The van der Waals surface area contributed by atoms with Crippen molar-refractivity contribution in [3.63, 3.8) is 0 Å². The van der Waals surface area contributed by atoms with E-state index in [1.165, 1.54) is 6.20 Å². The normalized spacial score (nSPS) is 10.2. The van der Waals surface area contributed by atoms with E-state index in [1.54, 1.807) is 18.2 Å². The van der Waals surface area contributed by atoms with Crippen LogP contribution in [-0.2, 0) is 0 Å². The zero-order valence-corrected chi connectivity index (χ0v) is 14.7. The first-order valence-corrected chi connectivity index (χ1v) is 8.63. The van der Waals surface area contributed by atoms with E-state index in [-0.39, 0.29) is 11.0 Å². The highest BCUT2D eigenvalue weighted by Gasteiger charge is 2.12. The van der Waals surface area contributed by atoms with E-state index < -0.39 is 0 Å². The molecule has 132 valence electrons. The van der Waals surface area contributed by atoms with Gasteiger partial charge in [-0.25, -0.2) is 0 Å². The van der Waals surface area contributed by atoms with E-state index in [0.717, 1.165) is 16.6 Å². The number of benzene rings is 3. The number of para-hydroxylation sites is 2. The Labute approximate surface area is 160 Å². The molecule has 0 spiro atoms. The summed E-state index contributed by atoms with van der Waals surface area (Å²) in [5.74, 6) is 0. The summed E-state index contributed by atoms with van der Waals surface area (Å²) in [6.07, 6.45) is 1.33. The maximum atomic E-state index is 13.1. The van der Waals surface area contributed by atoms with Crippen molar-refractivity contribution in [3.8, 4) is 23.3 Å². The highest BCUT2D eigenvalue weighted by molar-refractivity contribution is 6.03. The summed E-state index contributed by atoms with van der Waals surface area (Å²) in [6, 6.07) is 24.4. The molecular weight excluding hydrogens is 348 g/mol. The van der Waals surface area contributed by atoms with Crippen molar-refractivity contribution in [1.29, 1.82) is 10.5 Å². The van der Waals surface area contributed by atoms with Gasteiger partial charge in [0.2, 0.25) is 0 Å². The Bertz CT molecular complexity index is 1350. The van der Waals surface area contributed by atoms with Crippen molar-refractivity contribution in [2.75, 3.05) is 5.32 Å². The first-order valence-electron chi connectivity index (χ1n) is 8.63. The average Bonchev–Trinajstić information content (AvgIpc) is 2.75. The molecule has 0 aliphatic rings. The van der Waals surface area contributed by atoms with Gasteiger partial charge in [-0.05, 0) is 23.8 Å². The van der Waals surface area contributed by atoms with Gasteiger partial charge in [0.15, 0.2) is 5.43 Å². The predicted molar refractivity (Wildman–Crippen MR) is 110 cm³/mol. The fourth-order valence-electron chi connectivity index (χ4n) is 3.24. The molecule has 1 aromatic heterocycles. The number of aromatic amines is 1. The minimum Gasteiger partial charge on any atom is -0.358 e. The zero-order chi connectivity index (χ0) is 19.5. The maximum Gasteiger partial charge on any atom is 0.197 e. The monoisotopic (exact) mass is 362 g/mol. The van der Waals surface area contributed by atoms with Crippen LogP contribution in [0.15, 0.2) is 83.3 Å². The Balaban J connectivity index is 2.01. The molecule has 0 aliphatic carbocycles. The third-order valence-corrected chi connectivity index (χ3v) is 4.57. The summed E-state index contributed by atoms with van der Waals surface area (Å²) in [5.41, 5.74) is 3.78. The summed E-state index contributed by atoms with van der Waals surface area (Å²) >= 11 is 0. The quantitative estimate of drug-likeness (QED) is 0.408. The number of aromatic nitrogens is 1. The molecule has 2 N–H and O–H groups in total. The van der Waals surface area contributed by atoms with Gasteiger partial charge in [0, 0.05) is 22.5 Å². The molecule has 0 atom stereocenters. The Hall–Kier alpha value is -4.35. The average molecular weight is 362 g/mol. The highest BCUT2D eigenvalue weighted by Crippen LogP contribution is 2.29. The minimum absolute atomic E-state index is 0.0508. The van der Waals surface area contributed by atoms with Crippen LogP contribution >= 0.6 is 0 Å². The first kappa shape index (κ1) is 17.1. The van der Waals surface area contributed by atoms with Crippen LogP contribution in [-0.4, -0.2) is 4.98 Å². The molecule has 0 fully saturated rings. The smallest absolute Gasteiger partial charge is 0.197 e. The van der Waals surface area contributed by atoms with Gasteiger partial charge in [0.1, 0.15) is 17.7 Å². The van der Waals surface area contributed by atoms with Crippen molar-refractivity contribution < 1.29 is 0 Å². The molecule has 0 bridgehead atoms. The summed E-state index contributed by atoms with van der Waals surface area (Å²) in [4.78, 5) is 16.5. The largest absolute Gasteiger partial charge is 0.358 e. The summed E-state index contributed by atoms with van der Waals surface area (Å²) < 4.78 is 0. The number of nitrogens with one attached hydrogen (secondary N) is 2. The summed E-state index contributed by atoms with van der Waals surface area (Å²) in [6.45, 7) is 0. The molecule has 0 amide bonds. The SMILES string of the molecule is N#CC(C#N)=CNc1cccc2c(=O)c3cccc(-c4ccccc4)c3[nH]c12. The van der Waals surface area contributed by atoms with Gasteiger partial charge in [-0.2, -0.15) is 10.5 Å². The second-order valence-electron chi connectivity index (χ2n) is 6.20. The van der Waals surface area contributed by atoms with E-state index >= 15 is 0 Å². The van der Waals surface area contributed by atoms with Gasteiger partial charge in [-0.3, -0.25) is 4.79 Å². The standard InChI is InChI=1S/C23H14N4O/c24-12-15(13-25)14-26-20-11-5-10-19-22(20)27-21-17(16-6-2-1-3-7-16)8-4-9-18(21)23(19)28/h1-11,14,26H,(H,27,28). The molecule has 0 unspecified atom stereocenters. The third-order valence-electron chi connectivity index (χ3n) is 4.57. The lowest BCUT2D eigenvalue weighted by Gasteiger charge is -2.11. The van der Waals surface area contributed by atoms with Crippen LogP contribution in [0, 0.1) is 22.7 Å². The van der Waals surface area contributed by atoms with Crippen molar-refractivity contribution in [1.82, 2.24) is 4.98 Å². The van der Waals surface area contributed by atoms with Crippen molar-refractivity contribution in [3.05, 3.63) is 88.7 Å². The van der Waals surface area contributed by atoms with Crippen LogP contribution < -0.4 is 10.7 Å². The molecule has 0 radical (unpaired) electrons. The third kappa shape index (κ3) is 2.88. The number of nitriles is 2. The van der Waals surface area contributed by atoms with Gasteiger partial charge in [-0.1, -0.05) is 48.5 Å². The molecule has 0 saturated heterocycles. The number of H-pyrrole nitrogens is 1. The number of allylic oxidation sites excluding steroid dienone is 1. The molecule has 5 nitrogen and oxygen atoms in total. The maximum absolute atomic E-state index is 13.1. The molecule has 4 rings (SSSR count). The number of hydrogen-bond donors (Lipinski definition) is 2. The predicted octanol–water partition coefficient (Wildman–Crippen LogP) is 4.69. The Morgan fingerprint density at radius 2 is 1.54 bits per heavy atom. The minimum atomic E-state index is -0.0741. The molecular formula is C23H14N4O. The van der Waals surface area contributed by atoms with E-state index in [2.05, 4.69) is 10.3 Å². The molecule has 4 aromatic rings. The van der Waals surface area contributed by atoms with Crippen molar-refractivity contribution in [2.24, 2.45) is 0 Å². The van der Waals surface area contributed by atoms with E-state index in [0.29, 0.717) is 22.0 Å². The molecule has 5 heteroatoms. The van der Waals surface area contributed by atoms with Crippen LogP contribution in [0.5, 0.6) is 0 Å². The fraction of sp³-hybridized carbons (Fsp3) is 0. The van der Waals surface area contributed by atoms with E-state index in [1.807, 2.05) is 60.7 Å². The van der Waals surface area contributed by atoms with Gasteiger partial charge >= 0.3 is 0 Å². The van der Waals surface area contributed by atoms with Crippen molar-refractivity contribution in [2.45, 2.75) is 0 Å². The van der Waals surface area contributed by atoms with Crippen molar-refractivity contribution >= 4 is 27.5 Å². The van der Waals surface area contributed by atoms with Crippen LogP contribution in [0.3, 0.4) is 0 Å². The lowest BCUT2D eigenvalue weighted by molar-refractivity contribution is 1.43. The number of rotatable bonds is 3. The molecule has 0 aliphatic heterocycles. The number of nitrogens with zero attached hydrogens (tertiary/aromatic N) is 2. The Morgan fingerprint density at radius 3 is 2.25 bits per heavy atom. The molecule has 1 heterocycles. The second kappa shape index (κ2) is 7.11. The van der Waals surface area contributed by atoms with E-state index in [4.69, 9.17) is 10.5 Å². The number of fused-ring (bicyclic) bond motifs is 2. The van der Waals surface area contributed by atoms with Gasteiger partial charge in [0.05, 0.1) is 16.7 Å².